The molecule has 0 aromatic heterocycles. The molecule has 6 atom stereocenters. The standard InChI is InChI=1S/C28H42N2O7/c1-16-10-20-13-21(15-22(31)14-20)30-27(33)17(2)8-7-9-23(35-5)26(37-28(29)34)19(4)12-18(3)25(32)24(11-16)36-6/h8,12-16,18,23-26,31-32H,7,9-11H2,1-6H3,(H2,29,34)(H,30,33)/t16-,18?,23+,24+,25-,26+/m1/s1. The first kappa shape index (κ1) is 30.3. The third-order valence-corrected chi connectivity index (χ3v) is 6.79. The van der Waals surface area contributed by atoms with Crippen molar-refractivity contribution in [3.63, 3.8) is 0 Å². The zero-order valence-corrected chi connectivity index (χ0v) is 22.7. The molecule has 2 amide bonds. The molecule has 2 rings (SSSR count). The number of nitrogens with one attached hydrogen (secondary N) is 1. The first-order valence-electron chi connectivity index (χ1n) is 12.6. The minimum Gasteiger partial charge on any atom is -0.508 e. The molecule has 0 saturated heterocycles. The SMILES string of the molecule is CO[C@H]1C[C@H](C)Cc2cc(O)cc(c2)NC(=O)C(C)=CCC[C@H](OC)[C@@H](OC(N)=O)C(C)=CC(C)[C@H]1O. The number of hydrogen-bond acceptors (Lipinski definition) is 7. The summed E-state index contributed by atoms with van der Waals surface area (Å²) in [6, 6.07) is 5.02. The van der Waals surface area contributed by atoms with E-state index in [9.17, 15) is 19.8 Å². The van der Waals surface area contributed by atoms with Crippen LogP contribution in [0, 0.1) is 11.8 Å². The third kappa shape index (κ3) is 9.18. The van der Waals surface area contributed by atoms with E-state index in [2.05, 4.69) is 5.32 Å². The molecular weight excluding hydrogens is 476 g/mol. The second-order valence-corrected chi connectivity index (χ2v) is 10.0. The van der Waals surface area contributed by atoms with Crippen molar-refractivity contribution in [1.82, 2.24) is 0 Å². The number of carbonyl (C=O) groups is 2. The Morgan fingerprint density at radius 2 is 1.78 bits per heavy atom. The van der Waals surface area contributed by atoms with Crippen LogP contribution in [0.3, 0.4) is 0 Å². The van der Waals surface area contributed by atoms with E-state index in [0.717, 1.165) is 5.56 Å². The van der Waals surface area contributed by atoms with E-state index in [0.29, 0.717) is 42.5 Å². The number of hydrogen-bond donors (Lipinski definition) is 4. The molecule has 0 aliphatic carbocycles. The normalized spacial score (nSPS) is 28.6. The van der Waals surface area contributed by atoms with E-state index < -0.39 is 30.5 Å². The second-order valence-electron chi connectivity index (χ2n) is 10.0. The molecule has 0 fully saturated rings. The number of phenols is 1. The van der Waals surface area contributed by atoms with Gasteiger partial charge in [-0.1, -0.05) is 26.0 Å². The number of ether oxygens (including phenoxy) is 3. The number of aromatic hydroxyl groups is 1. The fourth-order valence-corrected chi connectivity index (χ4v) is 4.83. The Morgan fingerprint density at radius 1 is 1.11 bits per heavy atom. The number of carbonyl (C=O) groups excluding carboxylic acids is 2. The van der Waals surface area contributed by atoms with Gasteiger partial charge in [-0.05, 0) is 68.7 Å². The highest BCUT2D eigenvalue weighted by Gasteiger charge is 2.30. The summed E-state index contributed by atoms with van der Waals surface area (Å²) in [4.78, 5) is 24.4. The Morgan fingerprint density at radius 3 is 2.41 bits per heavy atom. The van der Waals surface area contributed by atoms with Crippen LogP contribution in [0.25, 0.3) is 0 Å². The molecular formula is C28H42N2O7. The van der Waals surface area contributed by atoms with Gasteiger partial charge in [-0.2, -0.15) is 0 Å². The van der Waals surface area contributed by atoms with Gasteiger partial charge in [0.25, 0.3) is 5.91 Å². The summed E-state index contributed by atoms with van der Waals surface area (Å²) in [5.74, 6) is -0.427. The van der Waals surface area contributed by atoms with Gasteiger partial charge in [0.2, 0.25) is 0 Å². The number of primary amides is 1. The van der Waals surface area contributed by atoms with Gasteiger partial charge < -0.3 is 35.5 Å². The molecule has 1 heterocycles. The average molecular weight is 519 g/mol. The van der Waals surface area contributed by atoms with Gasteiger partial charge in [-0.25, -0.2) is 4.79 Å². The first-order chi connectivity index (χ1) is 17.4. The zero-order chi connectivity index (χ0) is 27.7. The van der Waals surface area contributed by atoms with E-state index >= 15 is 0 Å². The number of rotatable bonds is 3. The summed E-state index contributed by atoms with van der Waals surface area (Å²) in [6.45, 7) is 7.44. The molecule has 1 aromatic rings. The third-order valence-electron chi connectivity index (χ3n) is 6.79. The summed E-state index contributed by atoms with van der Waals surface area (Å²) in [5.41, 5.74) is 7.92. The van der Waals surface area contributed by atoms with Crippen LogP contribution in [0.2, 0.25) is 0 Å². The number of phenolic OH excluding ortho intramolecular Hbond substituents is 1. The number of nitrogens with two attached hydrogens (primary N) is 1. The van der Waals surface area contributed by atoms with Gasteiger partial charge in [0.15, 0.2) is 6.10 Å². The van der Waals surface area contributed by atoms with Crippen LogP contribution in [0.4, 0.5) is 10.5 Å². The fraction of sp³-hybridized carbons (Fsp3) is 0.571. The summed E-state index contributed by atoms with van der Waals surface area (Å²) in [6.07, 6.45) is 2.29. The molecule has 1 unspecified atom stereocenters. The number of fused-ring (bicyclic) bond motifs is 2. The number of anilines is 1. The highest BCUT2D eigenvalue weighted by molar-refractivity contribution is 6.03. The minimum absolute atomic E-state index is 0.0634. The van der Waals surface area contributed by atoms with Crippen LogP contribution < -0.4 is 11.1 Å². The molecule has 9 heteroatoms. The van der Waals surface area contributed by atoms with E-state index in [4.69, 9.17) is 19.9 Å². The molecule has 37 heavy (non-hydrogen) atoms. The molecule has 2 bridgehead atoms. The predicted molar refractivity (Wildman–Crippen MR) is 142 cm³/mol. The van der Waals surface area contributed by atoms with Crippen molar-refractivity contribution in [1.29, 1.82) is 0 Å². The smallest absolute Gasteiger partial charge is 0.405 e. The molecule has 0 saturated carbocycles. The van der Waals surface area contributed by atoms with Crippen molar-refractivity contribution in [3.8, 4) is 5.75 Å². The van der Waals surface area contributed by atoms with E-state index in [1.165, 1.54) is 13.2 Å². The Hall–Kier alpha value is -2.88. The monoisotopic (exact) mass is 518 g/mol. The van der Waals surface area contributed by atoms with Gasteiger partial charge in [-0.15, -0.1) is 0 Å². The molecule has 0 spiro atoms. The van der Waals surface area contributed by atoms with Gasteiger partial charge in [-0.3, -0.25) is 4.79 Å². The van der Waals surface area contributed by atoms with Crippen molar-refractivity contribution in [2.45, 2.75) is 77.8 Å². The Labute approximate surface area is 219 Å². The number of aliphatic hydroxyl groups excluding tert-OH is 1. The van der Waals surface area contributed by atoms with E-state index in [1.54, 1.807) is 26.2 Å². The van der Waals surface area contributed by atoms with Crippen LogP contribution >= 0.6 is 0 Å². The number of benzene rings is 1. The molecule has 0 radical (unpaired) electrons. The Balaban J connectivity index is 2.47. The molecule has 206 valence electrons. The van der Waals surface area contributed by atoms with Crippen LogP contribution in [-0.4, -0.2) is 60.8 Å². The lowest BCUT2D eigenvalue weighted by Gasteiger charge is -2.30. The van der Waals surface area contributed by atoms with Crippen molar-refractivity contribution < 1.29 is 34.0 Å². The average Bonchev–Trinajstić information content (AvgIpc) is 2.82. The Bertz CT molecular complexity index is 991. The summed E-state index contributed by atoms with van der Waals surface area (Å²) in [5, 5.41) is 24.2. The molecule has 9 nitrogen and oxygen atoms in total. The molecule has 1 aliphatic heterocycles. The molecule has 1 aliphatic rings. The van der Waals surface area contributed by atoms with Crippen molar-refractivity contribution in [2.24, 2.45) is 17.6 Å². The van der Waals surface area contributed by atoms with Gasteiger partial charge >= 0.3 is 6.09 Å². The van der Waals surface area contributed by atoms with Gasteiger partial charge in [0.1, 0.15) is 5.75 Å². The van der Waals surface area contributed by atoms with Crippen LogP contribution in [0.15, 0.2) is 41.5 Å². The lowest BCUT2D eigenvalue weighted by atomic mass is 9.88. The highest BCUT2D eigenvalue weighted by atomic mass is 16.6. The number of methoxy groups -OCH3 is 2. The number of amides is 2. The van der Waals surface area contributed by atoms with Crippen LogP contribution in [0.5, 0.6) is 5.75 Å². The fourth-order valence-electron chi connectivity index (χ4n) is 4.83. The lowest BCUT2D eigenvalue weighted by Crippen LogP contribution is -2.37. The van der Waals surface area contributed by atoms with Crippen molar-refractivity contribution >= 4 is 17.7 Å². The highest BCUT2D eigenvalue weighted by Crippen LogP contribution is 2.27. The molecule has 1 aromatic carbocycles. The maximum absolute atomic E-state index is 12.8. The number of allylic oxidation sites excluding steroid dienone is 1. The van der Waals surface area contributed by atoms with Crippen molar-refractivity contribution in [2.75, 3.05) is 19.5 Å². The van der Waals surface area contributed by atoms with E-state index in [-0.39, 0.29) is 23.5 Å². The van der Waals surface area contributed by atoms with Gasteiger partial charge in [0.05, 0.1) is 18.3 Å². The van der Waals surface area contributed by atoms with Gasteiger partial charge in [0, 0.05) is 37.5 Å². The van der Waals surface area contributed by atoms with E-state index in [1.807, 2.05) is 32.9 Å². The topological polar surface area (TPSA) is 140 Å². The second kappa shape index (κ2) is 14.2. The molecule has 5 N–H and O–H groups in total. The maximum Gasteiger partial charge on any atom is 0.405 e. The summed E-state index contributed by atoms with van der Waals surface area (Å²) >= 11 is 0. The zero-order valence-electron chi connectivity index (χ0n) is 22.7. The minimum atomic E-state index is -0.925. The quantitative estimate of drug-likeness (QED) is 0.442. The maximum atomic E-state index is 12.8. The van der Waals surface area contributed by atoms with Crippen LogP contribution in [0.1, 0.15) is 52.5 Å². The summed E-state index contributed by atoms with van der Waals surface area (Å²) < 4.78 is 16.7. The Kier molecular flexibility index (Phi) is 11.6. The predicted octanol–water partition coefficient (Wildman–Crippen LogP) is 4.08. The lowest BCUT2D eigenvalue weighted by molar-refractivity contribution is -0.112. The number of aliphatic hydroxyl groups is 1. The first-order valence-corrected chi connectivity index (χ1v) is 12.6. The largest absolute Gasteiger partial charge is 0.508 e. The van der Waals surface area contributed by atoms with Crippen molar-refractivity contribution in [3.05, 3.63) is 47.1 Å². The van der Waals surface area contributed by atoms with Crippen LogP contribution in [-0.2, 0) is 25.4 Å². The summed E-state index contributed by atoms with van der Waals surface area (Å²) in [7, 11) is 3.09.